The Hall–Kier alpha value is -2.00. The molecule has 1 saturated heterocycles. The van der Waals surface area contributed by atoms with E-state index < -0.39 is 10.0 Å². The molecule has 1 unspecified atom stereocenters. The number of hydrogen-bond donors (Lipinski definition) is 2. The van der Waals surface area contributed by atoms with Gasteiger partial charge in [-0.2, -0.15) is 0 Å². The predicted molar refractivity (Wildman–Crippen MR) is 116 cm³/mol. The van der Waals surface area contributed by atoms with Crippen LogP contribution >= 0.6 is 0 Å². The number of nitrogens with zero attached hydrogens (tertiary/aromatic N) is 2. The summed E-state index contributed by atoms with van der Waals surface area (Å²) in [6, 6.07) is 7.71. The smallest absolute Gasteiger partial charge is 0.214 e. The minimum atomic E-state index is -3.11. The summed E-state index contributed by atoms with van der Waals surface area (Å²) >= 11 is 0. The molecule has 1 atom stereocenters. The highest BCUT2D eigenvalue weighted by Gasteiger charge is 2.27. The highest BCUT2D eigenvalue weighted by Crippen LogP contribution is 2.20. The maximum absolute atomic E-state index is 12.2. The molecule has 1 aromatic rings. The van der Waals surface area contributed by atoms with Gasteiger partial charge in [-0.1, -0.05) is 13.0 Å². The molecule has 0 saturated carbocycles. The summed E-state index contributed by atoms with van der Waals surface area (Å²) in [7, 11) is 0.241. The molecule has 2 rings (SSSR count). The van der Waals surface area contributed by atoms with Gasteiger partial charge in [-0.3, -0.25) is 4.99 Å². The zero-order valence-corrected chi connectivity index (χ0v) is 18.7. The Bertz CT molecular complexity index is 761. The van der Waals surface area contributed by atoms with Gasteiger partial charge in [-0.05, 0) is 38.3 Å². The fourth-order valence-corrected chi connectivity index (χ4v) is 4.78. The molecule has 8 nitrogen and oxygen atoms in total. The van der Waals surface area contributed by atoms with Crippen molar-refractivity contribution in [2.24, 2.45) is 4.99 Å². The molecular weight excluding hydrogens is 392 g/mol. The molecule has 1 aliphatic rings. The third-order valence-electron chi connectivity index (χ3n) is 4.81. The van der Waals surface area contributed by atoms with E-state index in [0.717, 1.165) is 24.3 Å². The van der Waals surface area contributed by atoms with Gasteiger partial charge < -0.3 is 20.1 Å². The lowest BCUT2D eigenvalue weighted by atomic mass is 10.1. The number of sulfonamides is 1. The molecule has 0 bridgehead atoms. The van der Waals surface area contributed by atoms with Gasteiger partial charge in [0.15, 0.2) is 5.96 Å². The molecule has 2 N–H and O–H groups in total. The zero-order valence-electron chi connectivity index (χ0n) is 17.8. The number of guanidine groups is 1. The fraction of sp³-hybridized carbons (Fsp3) is 0.650. The van der Waals surface area contributed by atoms with Crippen molar-refractivity contribution in [1.29, 1.82) is 0 Å². The lowest BCUT2D eigenvalue weighted by Gasteiger charge is -2.32. The van der Waals surface area contributed by atoms with Crippen LogP contribution in [0, 0.1) is 0 Å². The normalized spacial score (nSPS) is 17.6. The number of benzene rings is 1. The summed E-state index contributed by atoms with van der Waals surface area (Å²) in [5, 5.41) is 6.67. The molecule has 1 aromatic carbocycles. The second kappa shape index (κ2) is 11.3. The standard InChI is InChI=1S/C20H34N4O4S/c1-5-13-29(25,26)24-11-9-17(10-12-24)23-20(21-3)22-15-16(2)28-19-8-6-7-18(14-19)27-4/h6-8,14,16-17H,5,9-13,15H2,1-4H3,(H2,21,22,23). The number of piperidine rings is 1. The average molecular weight is 427 g/mol. The quantitative estimate of drug-likeness (QED) is 0.462. The largest absolute Gasteiger partial charge is 0.497 e. The van der Waals surface area contributed by atoms with Crippen LogP contribution in [0.15, 0.2) is 29.3 Å². The predicted octanol–water partition coefficient (Wildman–Crippen LogP) is 1.83. The summed E-state index contributed by atoms with van der Waals surface area (Å²) in [6.45, 7) is 5.55. The summed E-state index contributed by atoms with van der Waals surface area (Å²) < 4.78 is 37.1. The summed E-state index contributed by atoms with van der Waals surface area (Å²) in [6.07, 6.45) is 2.10. The van der Waals surface area contributed by atoms with Gasteiger partial charge in [0.2, 0.25) is 10.0 Å². The van der Waals surface area contributed by atoms with Crippen LogP contribution in [-0.2, 0) is 10.0 Å². The minimum absolute atomic E-state index is 0.0679. The SMILES string of the molecule is CCCS(=O)(=O)N1CCC(NC(=NC)NCC(C)Oc2cccc(OC)c2)CC1. The van der Waals surface area contributed by atoms with E-state index in [2.05, 4.69) is 15.6 Å². The Balaban J connectivity index is 1.76. The lowest BCUT2D eigenvalue weighted by molar-refractivity contribution is 0.222. The van der Waals surface area contributed by atoms with E-state index in [9.17, 15) is 8.42 Å². The topological polar surface area (TPSA) is 92.3 Å². The molecular formula is C20H34N4O4S. The van der Waals surface area contributed by atoms with Gasteiger partial charge in [-0.25, -0.2) is 12.7 Å². The Morgan fingerprint density at radius 2 is 2.00 bits per heavy atom. The molecule has 0 aliphatic carbocycles. The monoisotopic (exact) mass is 426 g/mol. The molecule has 1 fully saturated rings. The first-order valence-corrected chi connectivity index (χ1v) is 11.7. The van der Waals surface area contributed by atoms with Crippen molar-refractivity contribution in [3.05, 3.63) is 24.3 Å². The van der Waals surface area contributed by atoms with E-state index in [1.807, 2.05) is 38.1 Å². The summed E-state index contributed by atoms with van der Waals surface area (Å²) in [5.41, 5.74) is 0. The van der Waals surface area contributed by atoms with E-state index >= 15 is 0 Å². The molecule has 9 heteroatoms. The first kappa shape index (κ1) is 23.3. The molecule has 164 valence electrons. The Morgan fingerprint density at radius 1 is 1.31 bits per heavy atom. The fourth-order valence-electron chi connectivity index (χ4n) is 3.24. The van der Waals surface area contributed by atoms with Crippen LogP contribution in [0.5, 0.6) is 11.5 Å². The van der Waals surface area contributed by atoms with Crippen molar-refractivity contribution in [2.45, 2.75) is 45.3 Å². The van der Waals surface area contributed by atoms with Crippen LogP contribution in [0.3, 0.4) is 0 Å². The van der Waals surface area contributed by atoms with Gasteiger partial charge >= 0.3 is 0 Å². The Labute approximate surface area is 174 Å². The third kappa shape index (κ3) is 7.40. The molecule has 0 aromatic heterocycles. The lowest BCUT2D eigenvalue weighted by Crippen LogP contribution is -2.51. The molecule has 0 spiro atoms. The van der Waals surface area contributed by atoms with Gasteiger partial charge in [0.05, 0.1) is 19.4 Å². The number of rotatable bonds is 9. The molecule has 0 radical (unpaired) electrons. The third-order valence-corrected chi connectivity index (χ3v) is 6.89. The first-order chi connectivity index (χ1) is 13.9. The molecule has 0 amide bonds. The number of nitrogens with one attached hydrogen (secondary N) is 2. The van der Waals surface area contributed by atoms with E-state index in [1.165, 1.54) is 0 Å². The Morgan fingerprint density at radius 3 is 2.62 bits per heavy atom. The van der Waals surface area contributed by atoms with E-state index in [1.54, 1.807) is 18.5 Å². The second-order valence-electron chi connectivity index (χ2n) is 7.19. The first-order valence-electron chi connectivity index (χ1n) is 10.1. The molecule has 1 heterocycles. The summed E-state index contributed by atoms with van der Waals surface area (Å²) in [5.74, 6) is 2.43. The maximum Gasteiger partial charge on any atom is 0.214 e. The van der Waals surface area contributed by atoms with E-state index in [0.29, 0.717) is 32.0 Å². The van der Waals surface area contributed by atoms with Gasteiger partial charge in [0.25, 0.3) is 0 Å². The number of ether oxygens (including phenoxy) is 2. The van der Waals surface area contributed by atoms with Gasteiger partial charge in [-0.15, -0.1) is 0 Å². The molecule has 1 aliphatic heterocycles. The number of methoxy groups -OCH3 is 1. The van der Waals surface area contributed by atoms with Gasteiger partial charge in [0, 0.05) is 32.2 Å². The van der Waals surface area contributed by atoms with Crippen LogP contribution < -0.4 is 20.1 Å². The van der Waals surface area contributed by atoms with Crippen LogP contribution in [0.2, 0.25) is 0 Å². The van der Waals surface area contributed by atoms with E-state index in [4.69, 9.17) is 9.47 Å². The van der Waals surface area contributed by atoms with Crippen molar-refractivity contribution >= 4 is 16.0 Å². The summed E-state index contributed by atoms with van der Waals surface area (Å²) in [4.78, 5) is 4.27. The van der Waals surface area contributed by atoms with Crippen molar-refractivity contribution in [1.82, 2.24) is 14.9 Å². The highest BCUT2D eigenvalue weighted by molar-refractivity contribution is 7.89. The average Bonchev–Trinajstić information content (AvgIpc) is 2.71. The van der Waals surface area contributed by atoms with Crippen LogP contribution in [0.25, 0.3) is 0 Å². The van der Waals surface area contributed by atoms with Crippen molar-refractivity contribution < 1.29 is 17.9 Å². The van der Waals surface area contributed by atoms with Crippen LogP contribution in [-0.4, -0.2) is 70.4 Å². The highest BCUT2D eigenvalue weighted by atomic mass is 32.2. The molecule has 29 heavy (non-hydrogen) atoms. The van der Waals surface area contributed by atoms with E-state index in [-0.39, 0.29) is 17.9 Å². The van der Waals surface area contributed by atoms with Crippen molar-refractivity contribution in [3.8, 4) is 11.5 Å². The van der Waals surface area contributed by atoms with Crippen LogP contribution in [0.4, 0.5) is 0 Å². The number of aliphatic imine (C=N–C) groups is 1. The number of hydrogen-bond acceptors (Lipinski definition) is 5. The minimum Gasteiger partial charge on any atom is -0.497 e. The van der Waals surface area contributed by atoms with Crippen LogP contribution in [0.1, 0.15) is 33.1 Å². The van der Waals surface area contributed by atoms with Crippen molar-refractivity contribution in [2.75, 3.05) is 39.5 Å². The Kier molecular flexibility index (Phi) is 9.03. The maximum atomic E-state index is 12.2. The zero-order chi connectivity index (χ0) is 21.3. The van der Waals surface area contributed by atoms with Crippen molar-refractivity contribution in [3.63, 3.8) is 0 Å². The second-order valence-corrected chi connectivity index (χ2v) is 9.28. The van der Waals surface area contributed by atoms with Gasteiger partial charge in [0.1, 0.15) is 17.6 Å².